The maximum Gasteiger partial charge on any atom is 0.456 e. The van der Waals surface area contributed by atoms with Gasteiger partial charge in [-0.1, -0.05) is 0 Å². The van der Waals surface area contributed by atoms with E-state index in [4.69, 9.17) is 5.11 Å². The molecule has 1 atom stereocenters. The number of aliphatic hydroxyl groups is 1. The number of alkyl halides is 5. The van der Waals surface area contributed by atoms with Crippen LogP contribution < -0.4 is 0 Å². The number of carbonyl (C=O) groups is 1. The van der Waals surface area contributed by atoms with Crippen molar-refractivity contribution in [1.82, 2.24) is 14.8 Å². The molecule has 1 heterocycles. The molecule has 0 saturated carbocycles. The largest absolute Gasteiger partial charge is 0.481 e. The number of nitrogens with zero attached hydrogens (tertiary/aromatic N) is 3. The molecule has 0 aliphatic carbocycles. The molecular weight excluding hydrogens is 281 g/mol. The Hall–Kier alpha value is -1.78. The zero-order chi connectivity index (χ0) is 15.1. The van der Waals surface area contributed by atoms with E-state index in [0.29, 0.717) is 11.0 Å². The second kappa shape index (κ2) is 4.40. The van der Waals surface area contributed by atoms with Crippen LogP contribution in [0.15, 0.2) is 6.33 Å². The molecule has 0 saturated heterocycles. The standard InChI is InChI=1S/C8H8F5N3O3/c1-16-5(14-3-15-16)6(19,2-4(17)18)7(9,10)8(11,12)13/h3,19H,2H2,1H3,(H,17,18)/t6-/m0/s1. The molecule has 0 radical (unpaired) electrons. The minimum Gasteiger partial charge on any atom is -0.481 e. The number of carboxylic acid groups (broad SMARTS) is 1. The SMILES string of the molecule is Cn1ncnc1[C@@](O)(CC(=O)O)C(F)(F)C(F)(F)F. The van der Waals surface area contributed by atoms with E-state index >= 15 is 0 Å². The fourth-order valence-corrected chi connectivity index (χ4v) is 1.45. The number of carboxylic acids is 1. The van der Waals surface area contributed by atoms with Crippen LogP contribution in [0.5, 0.6) is 0 Å². The Morgan fingerprint density at radius 3 is 2.21 bits per heavy atom. The van der Waals surface area contributed by atoms with Crippen molar-refractivity contribution in [3.05, 3.63) is 12.2 Å². The van der Waals surface area contributed by atoms with Crippen molar-refractivity contribution in [2.45, 2.75) is 24.1 Å². The summed E-state index contributed by atoms with van der Waals surface area (Å²) in [5.74, 6) is -8.95. The topological polar surface area (TPSA) is 88.2 Å². The molecule has 1 aromatic heterocycles. The molecule has 6 nitrogen and oxygen atoms in total. The van der Waals surface area contributed by atoms with Crippen LogP contribution in [0, 0.1) is 0 Å². The van der Waals surface area contributed by atoms with Gasteiger partial charge in [0.25, 0.3) is 0 Å². The number of rotatable bonds is 4. The lowest BCUT2D eigenvalue weighted by atomic mass is 9.90. The average molecular weight is 289 g/mol. The normalized spacial score (nSPS) is 16.2. The Balaban J connectivity index is 3.45. The van der Waals surface area contributed by atoms with Gasteiger partial charge in [-0.25, -0.2) is 4.98 Å². The Bertz CT molecular complexity index is 486. The summed E-state index contributed by atoms with van der Waals surface area (Å²) in [6.45, 7) is 0. The highest BCUT2D eigenvalue weighted by Gasteiger charge is 2.72. The highest BCUT2D eigenvalue weighted by Crippen LogP contribution is 2.49. The fraction of sp³-hybridized carbons (Fsp3) is 0.625. The van der Waals surface area contributed by atoms with Gasteiger partial charge in [0.2, 0.25) is 5.60 Å². The summed E-state index contributed by atoms with van der Waals surface area (Å²) < 4.78 is 64.2. The maximum absolute atomic E-state index is 13.4. The molecule has 1 rings (SSSR count). The molecule has 0 aromatic carbocycles. The lowest BCUT2D eigenvalue weighted by Crippen LogP contribution is -2.57. The zero-order valence-electron chi connectivity index (χ0n) is 9.32. The second-order valence-corrected chi connectivity index (χ2v) is 3.71. The number of aliphatic carboxylic acids is 1. The predicted molar refractivity (Wildman–Crippen MR) is 48.2 cm³/mol. The quantitative estimate of drug-likeness (QED) is 0.796. The highest BCUT2D eigenvalue weighted by atomic mass is 19.4. The van der Waals surface area contributed by atoms with Crippen molar-refractivity contribution in [2.24, 2.45) is 7.05 Å². The third-order valence-electron chi connectivity index (χ3n) is 2.36. The van der Waals surface area contributed by atoms with Gasteiger partial charge < -0.3 is 10.2 Å². The number of aryl methyl sites for hydroxylation is 1. The lowest BCUT2D eigenvalue weighted by Gasteiger charge is -2.34. The minimum absolute atomic E-state index is 0.447. The average Bonchev–Trinajstić information content (AvgIpc) is 2.61. The Morgan fingerprint density at radius 2 is 1.89 bits per heavy atom. The van der Waals surface area contributed by atoms with E-state index in [1.165, 1.54) is 0 Å². The van der Waals surface area contributed by atoms with E-state index in [1.807, 2.05) is 0 Å². The van der Waals surface area contributed by atoms with Gasteiger partial charge in [-0.15, -0.1) is 0 Å². The first-order chi connectivity index (χ1) is 8.43. The summed E-state index contributed by atoms with van der Waals surface area (Å²) in [4.78, 5) is 13.6. The van der Waals surface area contributed by atoms with Crippen LogP contribution >= 0.6 is 0 Å². The number of hydrogen-bond donors (Lipinski definition) is 2. The molecular formula is C8H8F5N3O3. The van der Waals surface area contributed by atoms with Gasteiger partial charge in [-0.3, -0.25) is 9.48 Å². The van der Waals surface area contributed by atoms with Crippen molar-refractivity contribution < 1.29 is 37.0 Å². The molecule has 0 bridgehead atoms. The van der Waals surface area contributed by atoms with Gasteiger partial charge in [-0.2, -0.15) is 27.1 Å². The third kappa shape index (κ3) is 2.37. The Kier molecular flexibility index (Phi) is 3.54. The number of aromatic nitrogens is 3. The van der Waals surface area contributed by atoms with E-state index in [2.05, 4.69) is 10.1 Å². The van der Waals surface area contributed by atoms with Gasteiger partial charge in [0, 0.05) is 7.05 Å². The van der Waals surface area contributed by atoms with Crippen molar-refractivity contribution in [3.8, 4) is 0 Å². The Morgan fingerprint density at radius 1 is 1.37 bits per heavy atom. The van der Waals surface area contributed by atoms with Crippen LogP contribution in [0.25, 0.3) is 0 Å². The lowest BCUT2D eigenvalue weighted by molar-refractivity contribution is -0.348. The highest BCUT2D eigenvalue weighted by molar-refractivity contribution is 5.68. The second-order valence-electron chi connectivity index (χ2n) is 3.71. The van der Waals surface area contributed by atoms with Crippen molar-refractivity contribution in [3.63, 3.8) is 0 Å². The maximum atomic E-state index is 13.4. The van der Waals surface area contributed by atoms with Crippen molar-refractivity contribution in [1.29, 1.82) is 0 Å². The van der Waals surface area contributed by atoms with Gasteiger partial charge in [0.15, 0.2) is 5.82 Å². The molecule has 0 aliphatic rings. The first-order valence-corrected chi connectivity index (χ1v) is 4.66. The number of hydrogen-bond acceptors (Lipinski definition) is 4. The molecule has 108 valence electrons. The van der Waals surface area contributed by atoms with Crippen LogP contribution in [0.1, 0.15) is 12.2 Å². The van der Waals surface area contributed by atoms with Crippen LogP contribution in [-0.4, -0.2) is 43.0 Å². The molecule has 0 fully saturated rings. The first kappa shape index (κ1) is 15.3. The van der Waals surface area contributed by atoms with E-state index in [1.54, 1.807) is 0 Å². The van der Waals surface area contributed by atoms with Gasteiger partial charge in [0.05, 0.1) is 6.42 Å². The van der Waals surface area contributed by atoms with Gasteiger partial charge >= 0.3 is 18.1 Å². The predicted octanol–water partition coefficient (Wildman–Crippen LogP) is 0.675. The summed E-state index contributed by atoms with van der Waals surface area (Å²) in [7, 11) is 0.946. The molecule has 0 unspecified atom stereocenters. The van der Waals surface area contributed by atoms with E-state index in [-0.39, 0.29) is 0 Å². The molecule has 19 heavy (non-hydrogen) atoms. The summed E-state index contributed by atoms with van der Waals surface area (Å²) >= 11 is 0. The summed E-state index contributed by atoms with van der Waals surface area (Å²) in [5.41, 5.74) is -4.05. The number of halogens is 5. The minimum atomic E-state index is -6.15. The molecule has 0 amide bonds. The summed E-state index contributed by atoms with van der Waals surface area (Å²) in [6, 6.07) is 0. The molecule has 0 spiro atoms. The van der Waals surface area contributed by atoms with Gasteiger partial charge in [0.1, 0.15) is 6.33 Å². The smallest absolute Gasteiger partial charge is 0.456 e. The molecule has 11 heteroatoms. The Labute approximate surface area is 102 Å². The van der Waals surface area contributed by atoms with Gasteiger partial charge in [-0.05, 0) is 0 Å². The molecule has 0 aliphatic heterocycles. The third-order valence-corrected chi connectivity index (χ3v) is 2.36. The molecule has 2 N–H and O–H groups in total. The van der Waals surface area contributed by atoms with E-state index in [0.717, 1.165) is 7.05 Å². The zero-order valence-corrected chi connectivity index (χ0v) is 9.32. The van der Waals surface area contributed by atoms with E-state index in [9.17, 15) is 31.9 Å². The molecule has 1 aromatic rings. The van der Waals surface area contributed by atoms with Crippen LogP contribution in [0.4, 0.5) is 22.0 Å². The summed E-state index contributed by atoms with van der Waals surface area (Å²) in [5, 5.41) is 21.3. The van der Waals surface area contributed by atoms with E-state index < -0.39 is 35.9 Å². The van der Waals surface area contributed by atoms with Crippen LogP contribution in [-0.2, 0) is 17.4 Å². The van der Waals surface area contributed by atoms with Crippen LogP contribution in [0.2, 0.25) is 0 Å². The monoisotopic (exact) mass is 289 g/mol. The first-order valence-electron chi connectivity index (χ1n) is 4.66. The fourth-order valence-electron chi connectivity index (χ4n) is 1.45. The van der Waals surface area contributed by atoms with Crippen molar-refractivity contribution >= 4 is 5.97 Å². The van der Waals surface area contributed by atoms with Crippen LogP contribution in [0.3, 0.4) is 0 Å². The summed E-state index contributed by atoms with van der Waals surface area (Å²) in [6.07, 6.45) is -7.41. The van der Waals surface area contributed by atoms with Crippen molar-refractivity contribution in [2.75, 3.05) is 0 Å².